The van der Waals surface area contributed by atoms with E-state index < -0.39 is 77.8 Å². The van der Waals surface area contributed by atoms with Gasteiger partial charge in [0.05, 0.1) is 30.5 Å². The first-order valence-corrected chi connectivity index (χ1v) is 23.8. The molecule has 0 spiro atoms. The second-order valence-corrected chi connectivity index (χ2v) is 19.1. The fourth-order valence-corrected chi connectivity index (χ4v) is 10.5. The number of ether oxygens (including phenoxy) is 6. The highest BCUT2D eigenvalue weighted by Crippen LogP contribution is 2.39. The lowest BCUT2D eigenvalue weighted by molar-refractivity contribution is -0.302. The Morgan fingerprint density at radius 2 is 1.69 bits per heavy atom. The summed E-state index contributed by atoms with van der Waals surface area (Å²) in [6.07, 6.45) is 10.1. The van der Waals surface area contributed by atoms with Crippen molar-refractivity contribution >= 4 is 23.4 Å². The van der Waals surface area contributed by atoms with Crippen LogP contribution in [0.1, 0.15) is 124 Å². The summed E-state index contributed by atoms with van der Waals surface area (Å²) in [5.74, 6) is -6.49. The summed E-state index contributed by atoms with van der Waals surface area (Å²) >= 11 is 0. The molecule has 3 aliphatic heterocycles. The Morgan fingerprint density at radius 1 is 0.969 bits per heavy atom. The zero-order valence-electron chi connectivity index (χ0n) is 39.8. The number of aromatic nitrogens is 2. The molecule has 1 aromatic heterocycles. The molecule has 3 fully saturated rings. The van der Waals surface area contributed by atoms with Crippen LogP contribution in [0.2, 0.25) is 0 Å². The predicted octanol–water partition coefficient (Wildman–Crippen LogP) is 5.85. The van der Waals surface area contributed by atoms with Gasteiger partial charge in [-0.3, -0.25) is 14.4 Å². The number of cyclic esters (lactones) is 1. The molecule has 2 saturated heterocycles. The van der Waals surface area contributed by atoms with Gasteiger partial charge in [-0.15, -0.1) is 0 Å². The van der Waals surface area contributed by atoms with Crippen molar-refractivity contribution in [3.05, 3.63) is 41.5 Å². The first-order valence-electron chi connectivity index (χ1n) is 23.8. The van der Waals surface area contributed by atoms with Gasteiger partial charge in [-0.25, -0.2) is 9.78 Å². The molecule has 15 heteroatoms. The molecule has 0 aromatic carbocycles. The Kier molecular flexibility index (Phi) is 19.3. The summed E-state index contributed by atoms with van der Waals surface area (Å²) in [4.78, 5) is 65.7. The summed E-state index contributed by atoms with van der Waals surface area (Å²) < 4.78 is 36.7. The topological polar surface area (TPSA) is 196 Å². The van der Waals surface area contributed by atoms with Gasteiger partial charge in [0.2, 0.25) is 5.79 Å². The van der Waals surface area contributed by atoms with Crippen molar-refractivity contribution in [1.29, 1.82) is 0 Å². The minimum atomic E-state index is -2.50. The summed E-state index contributed by atoms with van der Waals surface area (Å²) in [6, 6.07) is -1.13. The van der Waals surface area contributed by atoms with Gasteiger partial charge >= 0.3 is 5.97 Å². The van der Waals surface area contributed by atoms with Crippen LogP contribution < -0.4 is 0 Å². The fourth-order valence-electron chi connectivity index (χ4n) is 10.5. The van der Waals surface area contributed by atoms with E-state index in [2.05, 4.69) is 23.0 Å². The molecule has 14 atom stereocenters. The third-order valence-corrected chi connectivity index (χ3v) is 14.3. The maximum atomic E-state index is 14.5. The number of carbonyl (C=O) groups excluding carboxylic acids is 4. The van der Waals surface area contributed by atoms with E-state index in [1.165, 1.54) is 19.1 Å². The first-order chi connectivity index (χ1) is 30.5. The summed E-state index contributed by atoms with van der Waals surface area (Å²) in [6.45, 7) is 12.0. The van der Waals surface area contributed by atoms with Gasteiger partial charge in [0.15, 0.2) is 0 Å². The van der Waals surface area contributed by atoms with Crippen molar-refractivity contribution < 1.29 is 57.8 Å². The highest BCUT2D eigenvalue weighted by atomic mass is 16.7. The molecule has 1 amide bonds. The zero-order valence-corrected chi connectivity index (χ0v) is 39.8. The van der Waals surface area contributed by atoms with Crippen LogP contribution in [0.25, 0.3) is 0 Å². The van der Waals surface area contributed by atoms with E-state index in [1.807, 2.05) is 33.0 Å². The van der Waals surface area contributed by atoms with Crippen LogP contribution >= 0.6 is 0 Å². The molecular weight excluding hydrogens is 823 g/mol. The quantitative estimate of drug-likeness (QED) is 0.104. The van der Waals surface area contributed by atoms with Gasteiger partial charge in [-0.1, -0.05) is 45.4 Å². The van der Waals surface area contributed by atoms with Gasteiger partial charge in [-0.2, -0.15) is 0 Å². The molecular formula is C49H77N3O12. The number of aryl methyl sites for hydroxylation is 1. The van der Waals surface area contributed by atoms with E-state index in [9.17, 15) is 29.4 Å². The lowest BCUT2D eigenvalue weighted by atomic mass is 9.81. The van der Waals surface area contributed by atoms with Gasteiger partial charge in [0.1, 0.15) is 29.9 Å². The smallest absolute Gasteiger partial charge is 0.329 e. The molecule has 2 bridgehead atoms. The zero-order chi connectivity index (χ0) is 46.7. The highest BCUT2D eigenvalue weighted by molar-refractivity contribution is 6.39. The number of imidazole rings is 1. The number of aromatic amines is 1. The fraction of sp³-hybridized carbons (Fsp3) is 0.776. The van der Waals surface area contributed by atoms with E-state index in [0.717, 1.165) is 37.1 Å². The van der Waals surface area contributed by atoms with Crippen LogP contribution in [0.4, 0.5) is 0 Å². The number of nitrogens with one attached hydrogen (secondary N) is 1. The van der Waals surface area contributed by atoms with Crippen molar-refractivity contribution in [1.82, 2.24) is 14.9 Å². The van der Waals surface area contributed by atoms with E-state index in [4.69, 9.17) is 28.4 Å². The second kappa shape index (κ2) is 23.9. The summed E-state index contributed by atoms with van der Waals surface area (Å²) in [7, 11) is 4.76. The Balaban J connectivity index is 1.44. The number of nitrogens with zero attached hydrogens (tertiary/aromatic N) is 2. The minimum absolute atomic E-state index is 0.0341. The number of piperidine rings is 1. The highest BCUT2D eigenvalue weighted by Gasteiger charge is 2.56. The van der Waals surface area contributed by atoms with Crippen molar-refractivity contribution in [2.45, 2.75) is 180 Å². The Morgan fingerprint density at radius 3 is 2.36 bits per heavy atom. The van der Waals surface area contributed by atoms with Crippen molar-refractivity contribution in [2.24, 2.45) is 29.6 Å². The number of ketones is 2. The van der Waals surface area contributed by atoms with E-state index in [1.54, 1.807) is 27.2 Å². The molecule has 4 aliphatic rings. The molecule has 4 heterocycles. The monoisotopic (exact) mass is 900 g/mol. The number of carbonyl (C=O) groups is 4. The van der Waals surface area contributed by atoms with E-state index in [-0.39, 0.29) is 55.6 Å². The number of aliphatic hydroxyl groups excluding tert-OH is 1. The second-order valence-electron chi connectivity index (χ2n) is 19.1. The number of rotatable bonds is 11. The van der Waals surface area contributed by atoms with Crippen LogP contribution in [0.3, 0.4) is 0 Å². The summed E-state index contributed by atoms with van der Waals surface area (Å²) in [5, 5.41) is 23.9. The molecule has 64 heavy (non-hydrogen) atoms. The SMILES string of the molecule is CCC1/C=C(\C)CC(C)CC(OC)C2OC(O)(C(=O)C(=O)N3CCCCC3C(=O)OC(C(C)=CC3CCC(OCCCc4ncc[nH]4)C(OC)C3)C(C)C(O)CC1=O)C(C)CC2OC. The van der Waals surface area contributed by atoms with Gasteiger partial charge < -0.3 is 48.5 Å². The predicted molar refractivity (Wildman–Crippen MR) is 239 cm³/mol. The van der Waals surface area contributed by atoms with Crippen molar-refractivity contribution in [3.8, 4) is 0 Å². The van der Waals surface area contributed by atoms with Crippen LogP contribution in [-0.4, -0.2) is 138 Å². The average molecular weight is 900 g/mol. The van der Waals surface area contributed by atoms with Crippen molar-refractivity contribution in [3.63, 3.8) is 0 Å². The van der Waals surface area contributed by atoms with Crippen LogP contribution in [0.15, 0.2) is 35.7 Å². The molecule has 1 saturated carbocycles. The molecule has 0 radical (unpaired) electrons. The molecule has 1 aromatic rings. The Labute approximate surface area is 380 Å². The van der Waals surface area contributed by atoms with Gasteiger partial charge in [0, 0.05) is 77.5 Å². The third kappa shape index (κ3) is 12.8. The maximum absolute atomic E-state index is 14.5. The Bertz CT molecular complexity index is 1750. The minimum Gasteiger partial charge on any atom is -0.456 e. The molecule has 1 aliphatic carbocycles. The van der Waals surface area contributed by atoms with E-state index >= 15 is 0 Å². The number of esters is 1. The standard InChI is InChI=1S/C49H77N3O12/c1-10-35-23-29(2)22-30(3)24-41(60-8)45-42(61-9)26-32(5)49(58,64-45)46(55)47(56)52-20-12-11-14-36(52)48(57)63-44(33(6)37(53)28-38(35)54)31(4)25-34-16-17-39(40(27-34)59-7)62-21-13-15-43-50-18-19-51-43/h18-19,23,25,30,32-37,39-42,44-45,53,58H,10-17,20-22,24,26-28H2,1-9H3,(H,50,51)/b29-23+,31-25?. The summed E-state index contributed by atoms with van der Waals surface area (Å²) in [5.41, 5.74) is 1.70. The van der Waals surface area contributed by atoms with Gasteiger partial charge in [0.25, 0.3) is 11.7 Å². The van der Waals surface area contributed by atoms with Crippen LogP contribution in [0.5, 0.6) is 0 Å². The largest absolute Gasteiger partial charge is 0.456 e. The normalized spacial score (nSPS) is 37.9. The number of hydrogen-bond donors (Lipinski definition) is 3. The van der Waals surface area contributed by atoms with Gasteiger partial charge in [-0.05, 0) is 102 Å². The first kappa shape index (κ1) is 51.7. The Hall–Kier alpha value is -3.31. The van der Waals surface area contributed by atoms with Crippen LogP contribution in [-0.2, 0) is 54.0 Å². The lowest BCUT2D eigenvalue weighted by Gasteiger charge is -2.47. The number of allylic oxidation sites excluding steroid dienone is 3. The number of amides is 1. The average Bonchev–Trinajstić information content (AvgIpc) is 3.81. The molecule has 15 nitrogen and oxygen atoms in total. The molecule has 3 N–H and O–H groups in total. The number of aliphatic hydroxyl groups is 2. The van der Waals surface area contributed by atoms with E-state index in [0.29, 0.717) is 50.7 Å². The molecule has 360 valence electrons. The number of hydrogen-bond acceptors (Lipinski definition) is 13. The number of H-pyrrole nitrogens is 1. The molecule has 14 unspecified atom stereocenters. The molecule has 5 rings (SSSR count). The number of fused-ring (bicyclic) bond motifs is 3. The lowest BCUT2D eigenvalue weighted by Crippen LogP contribution is -2.64. The maximum Gasteiger partial charge on any atom is 0.329 e. The third-order valence-electron chi connectivity index (χ3n) is 14.3. The van der Waals surface area contributed by atoms with Crippen molar-refractivity contribution in [2.75, 3.05) is 34.5 Å². The number of methoxy groups -OCH3 is 3. The van der Waals surface area contributed by atoms with Crippen LogP contribution in [0, 0.1) is 29.6 Å². The number of Topliss-reactive ketones (excluding diaryl/α,β-unsaturated/α-hetero) is 2.